The van der Waals surface area contributed by atoms with Gasteiger partial charge in [-0.3, -0.25) is 4.99 Å². The van der Waals surface area contributed by atoms with Crippen molar-refractivity contribution in [2.45, 2.75) is 26.3 Å². The Morgan fingerprint density at radius 2 is 2.05 bits per heavy atom. The molecule has 0 aromatic heterocycles. The largest absolute Gasteiger partial charge is 0.383 e. The molecule has 1 aromatic rings. The summed E-state index contributed by atoms with van der Waals surface area (Å²) in [6, 6.07) is 10.8. The zero-order chi connectivity index (χ0) is 16.2. The number of hydrogen-bond donors (Lipinski definition) is 2. The van der Waals surface area contributed by atoms with Gasteiger partial charge in [0.25, 0.3) is 0 Å². The third kappa shape index (κ3) is 6.80. The zero-order valence-electron chi connectivity index (χ0n) is 14.3. The van der Waals surface area contributed by atoms with Crippen LogP contribution in [0.2, 0.25) is 0 Å². The number of aliphatic imine (C=N–C) groups is 1. The van der Waals surface area contributed by atoms with Crippen LogP contribution >= 0.6 is 0 Å². The van der Waals surface area contributed by atoms with Crippen molar-refractivity contribution in [2.24, 2.45) is 4.99 Å². The van der Waals surface area contributed by atoms with Crippen molar-refractivity contribution in [3.8, 4) is 0 Å². The summed E-state index contributed by atoms with van der Waals surface area (Å²) in [5.41, 5.74) is 1.28. The van der Waals surface area contributed by atoms with E-state index in [4.69, 9.17) is 4.74 Å². The molecular formula is C17H30N4O. The van der Waals surface area contributed by atoms with E-state index in [0.29, 0.717) is 6.61 Å². The Morgan fingerprint density at radius 3 is 2.64 bits per heavy atom. The van der Waals surface area contributed by atoms with Crippen molar-refractivity contribution in [2.75, 3.05) is 45.3 Å². The van der Waals surface area contributed by atoms with E-state index in [1.807, 2.05) is 0 Å². The molecule has 0 aliphatic carbocycles. The Bertz CT molecular complexity index is 422. The molecule has 0 bridgehead atoms. The van der Waals surface area contributed by atoms with Gasteiger partial charge in [-0.05, 0) is 32.4 Å². The van der Waals surface area contributed by atoms with Crippen molar-refractivity contribution >= 4 is 11.6 Å². The topological polar surface area (TPSA) is 48.9 Å². The number of nitrogens with zero attached hydrogens (tertiary/aromatic N) is 2. The summed E-state index contributed by atoms with van der Waals surface area (Å²) in [5, 5.41) is 6.65. The number of guanidine groups is 1. The number of methoxy groups -OCH3 is 1. The second-order valence-electron chi connectivity index (χ2n) is 5.27. The molecule has 22 heavy (non-hydrogen) atoms. The van der Waals surface area contributed by atoms with Gasteiger partial charge in [0.1, 0.15) is 0 Å². The maximum atomic E-state index is 5.12. The first-order valence-electron chi connectivity index (χ1n) is 7.97. The lowest BCUT2D eigenvalue weighted by atomic mass is 10.2. The second-order valence-corrected chi connectivity index (χ2v) is 5.27. The van der Waals surface area contributed by atoms with Crippen LogP contribution in [0.3, 0.4) is 0 Å². The molecule has 0 saturated heterocycles. The van der Waals surface area contributed by atoms with Gasteiger partial charge in [0.15, 0.2) is 5.96 Å². The molecule has 0 radical (unpaired) electrons. The van der Waals surface area contributed by atoms with Crippen molar-refractivity contribution < 1.29 is 4.74 Å². The standard InChI is InChI=1S/C17H30N4O/c1-5-21(16-10-7-6-8-11-16)13-9-12-19-17(18-3)20-15(2)14-22-4/h6-8,10-11,15H,5,9,12-14H2,1-4H3,(H2,18,19,20). The van der Waals surface area contributed by atoms with E-state index in [1.54, 1.807) is 14.2 Å². The van der Waals surface area contributed by atoms with Crippen molar-refractivity contribution in [3.05, 3.63) is 30.3 Å². The van der Waals surface area contributed by atoms with Gasteiger partial charge in [-0.25, -0.2) is 0 Å². The van der Waals surface area contributed by atoms with Gasteiger partial charge in [0.05, 0.1) is 6.61 Å². The molecule has 0 aliphatic heterocycles. The van der Waals surface area contributed by atoms with E-state index in [9.17, 15) is 0 Å². The van der Waals surface area contributed by atoms with Crippen molar-refractivity contribution in [1.29, 1.82) is 0 Å². The molecule has 1 aromatic carbocycles. The van der Waals surface area contributed by atoms with Gasteiger partial charge >= 0.3 is 0 Å². The number of nitrogens with one attached hydrogen (secondary N) is 2. The summed E-state index contributed by atoms with van der Waals surface area (Å²) in [5.74, 6) is 0.826. The fourth-order valence-electron chi connectivity index (χ4n) is 2.31. The highest BCUT2D eigenvalue weighted by Crippen LogP contribution is 2.12. The van der Waals surface area contributed by atoms with Crippen LogP contribution in [0.15, 0.2) is 35.3 Å². The lowest BCUT2D eigenvalue weighted by molar-refractivity contribution is 0.179. The molecule has 0 saturated carbocycles. The van der Waals surface area contributed by atoms with Gasteiger partial charge in [-0.1, -0.05) is 18.2 Å². The average Bonchev–Trinajstić information content (AvgIpc) is 2.54. The van der Waals surface area contributed by atoms with Crippen LogP contribution in [0, 0.1) is 0 Å². The third-order valence-electron chi connectivity index (χ3n) is 3.42. The van der Waals surface area contributed by atoms with E-state index in [0.717, 1.165) is 32.0 Å². The maximum Gasteiger partial charge on any atom is 0.191 e. The Hall–Kier alpha value is -1.75. The van der Waals surface area contributed by atoms with Crippen LogP contribution in [0.4, 0.5) is 5.69 Å². The Morgan fingerprint density at radius 1 is 1.32 bits per heavy atom. The van der Waals surface area contributed by atoms with Crippen molar-refractivity contribution in [1.82, 2.24) is 10.6 Å². The first-order valence-corrected chi connectivity index (χ1v) is 7.97. The minimum Gasteiger partial charge on any atom is -0.383 e. The van der Waals surface area contributed by atoms with Crippen LogP contribution in [0.25, 0.3) is 0 Å². The number of hydrogen-bond acceptors (Lipinski definition) is 3. The van der Waals surface area contributed by atoms with E-state index in [2.05, 4.69) is 64.7 Å². The summed E-state index contributed by atoms with van der Waals surface area (Å²) >= 11 is 0. The molecular weight excluding hydrogens is 276 g/mol. The summed E-state index contributed by atoms with van der Waals surface area (Å²) in [4.78, 5) is 6.61. The molecule has 0 aliphatic rings. The maximum absolute atomic E-state index is 5.12. The quantitative estimate of drug-likeness (QED) is 0.417. The first-order chi connectivity index (χ1) is 10.7. The molecule has 1 rings (SSSR count). The minimum absolute atomic E-state index is 0.243. The van der Waals surface area contributed by atoms with E-state index in [-0.39, 0.29) is 6.04 Å². The van der Waals surface area contributed by atoms with Gasteiger partial charge in [-0.2, -0.15) is 0 Å². The smallest absolute Gasteiger partial charge is 0.191 e. The van der Waals surface area contributed by atoms with E-state index >= 15 is 0 Å². The van der Waals surface area contributed by atoms with E-state index < -0.39 is 0 Å². The number of benzene rings is 1. The highest BCUT2D eigenvalue weighted by Gasteiger charge is 2.05. The summed E-state index contributed by atoms with van der Waals surface area (Å²) < 4.78 is 5.12. The summed E-state index contributed by atoms with van der Waals surface area (Å²) in [6.45, 7) is 7.86. The SMILES string of the molecule is CCN(CCCNC(=NC)NC(C)COC)c1ccccc1. The molecule has 2 N–H and O–H groups in total. The lowest BCUT2D eigenvalue weighted by Gasteiger charge is -2.23. The highest BCUT2D eigenvalue weighted by atomic mass is 16.5. The van der Waals surface area contributed by atoms with Crippen LogP contribution in [0.1, 0.15) is 20.3 Å². The molecule has 0 fully saturated rings. The fourth-order valence-corrected chi connectivity index (χ4v) is 2.31. The van der Waals surface area contributed by atoms with Gasteiger partial charge in [-0.15, -0.1) is 0 Å². The Kier molecular flexibility index (Phi) is 9.07. The summed E-state index contributed by atoms with van der Waals surface area (Å²) in [7, 11) is 3.49. The molecule has 1 unspecified atom stereocenters. The van der Waals surface area contributed by atoms with Crippen LogP contribution in [-0.2, 0) is 4.74 Å². The average molecular weight is 306 g/mol. The van der Waals surface area contributed by atoms with Crippen LogP contribution in [-0.4, -0.2) is 52.4 Å². The summed E-state index contributed by atoms with van der Waals surface area (Å²) in [6.07, 6.45) is 1.06. The van der Waals surface area contributed by atoms with Crippen LogP contribution in [0.5, 0.6) is 0 Å². The van der Waals surface area contributed by atoms with E-state index in [1.165, 1.54) is 5.69 Å². The molecule has 5 heteroatoms. The number of rotatable bonds is 9. The zero-order valence-corrected chi connectivity index (χ0v) is 14.3. The Balaban J connectivity index is 2.30. The van der Waals surface area contributed by atoms with Gasteiger partial charge < -0.3 is 20.3 Å². The van der Waals surface area contributed by atoms with Gasteiger partial charge in [0, 0.05) is 45.5 Å². The number of anilines is 1. The number of para-hydroxylation sites is 1. The predicted octanol–water partition coefficient (Wildman–Crippen LogP) is 2.10. The number of ether oxygens (including phenoxy) is 1. The normalized spacial score (nSPS) is 12.8. The van der Waals surface area contributed by atoms with Gasteiger partial charge in [0.2, 0.25) is 0 Å². The highest BCUT2D eigenvalue weighted by molar-refractivity contribution is 5.79. The molecule has 124 valence electrons. The molecule has 1 atom stereocenters. The molecule has 0 spiro atoms. The predicted molar refractivity (Wildman–Crippen MR) is 94.8 cm³/mol. The van der Waals surface area contributed by atoms with Crippen LogP contribution < -0.4 is 15.5 Å². The minimum atomic E-state index is 0.243. The first kappa shape index (κ1) is 18.3. The monoisotopic (exact) mass is 306 g/mol. The molecule has 5 nitrogen and oxygen atoms in total. The lowest BCUT2D eigenvalue weighted by Crippen LogP contribution is -2.44. The Labute approximate surface area is 134 Å². The third-order valence-corrected chi connectivity index (χ3v) is 3.42. The fraction of sp³-hybridized carbons (Fsp3) is 0.588. The molecule has 0 heterocycles. The van der Waals surface area contributed by atoms with Crippen molar-refractivity contribution in [3.63, 3.8) is 0 Å². The second kappa shape index (κ2) is 10.9. The molecule has 0 amide bonds.